The van der Waals surface area contributed by atoms with Gasteiger partial charge in [-0.15, -0.1) is 0 Å². The molecule has 0 aromatic rings. The lowest BCUT2D eigenvalue weighted by Crippen LogP contribution is -2.28. The Morgan fingerprint density at radius 2 is 0.804 bits per heavy atom. The largest absolute Gasteiger partial charge is 0.462 e. The van der Waals surface area contributed by atoms with E-state index in [9.17, 15) is 14.7 Å². The van der Waals surface area contributed by atoms with Crippen LogP contribution in [0.5, 0.6) is 0 Å². The van der Waals surface area contributed by atoms with Gasteiger partial charge in [-0.25, -0.2) is 0 Å². The summed E-state index contributed by atoms with van der Waals surface area (Å²) in [4.78, 5) is 24.3. The number of aliphatic hydroxyl groups is 1. The van der Waals surface area contributed by atoms with Crippen LogP contribution in [0.25, 0.3) is 0 Å². The Kier molecular flexibility index (Phi) is 41.4. The van der Waals surface area contributed by atoms with Crippen molar-refractivity contribution < 1.29 is 24.2 Å². The zero-order chi connectivity index (χ0) is 37.1. The first-order valence-corrected chi connectivity index (χ1v) is 22.4. The first-order chi connectivity index (χ1) is 25.1. The Morgan fingerprint density at radius 1 is 0.451 bits per heavy atom. The van der Waals surface area contributed by atoms with Crippen molar-refractivity contribution in [2.75, 3.05) is 13.2 Å². The molecule has 0 spiro atoms. The Bertz CT molecular complexity index is 776. The molecule has 0 heterocycles. The molecule has 0 aliphatic heterocycles. The fraction of sp³-hybridized carbons (Fsp3) is 0.870. The Balaban J connectivity index is 3.47. The van der Waals surface area contributed by atoms with Crippen molar-refractivity contribution in [2.24, 2.45) is 0 Å². The van der Waals surface area contributed by atoms with Gasteiger partial charge in [0, 0.05) is 12.8 Å². The first-order valence-electron chi connectivity index (χ1n) is 22.4. The fourth-order valence-corrected chi connectivity index (χ4v) is 6.57. The summed E-state index contributed by atoms with van der Waals surface area (Å²) in [5.74, 6) is -0.596. The second kappa shape index (κ2) is 42.8. The quantitative estimate of drug-likeness (QED) is 0.0387. The van der Waals surface area contributed by atoms with Crippen LogP contribution in [0.2, 0.25) is 0 Å². The van der Waals surface area contributed by atoms with E-state index in [4.69, 9.17) is 9.47 Å². The third-order valence-corrected chi connectivity index (χ3v) is 10.00. The van der Waals surface area contributed by atoms with Gasteiger partial charge in [-0.2, -0.15) is 0 Å². The van der Waals surface area contributed by atoms with Crippen LogP contribution in [0.15, 0.2) is 24.3 Å². The van der Waals surface area contributed by atoms with Crippen LogP contribution < -0.4 is 0 Å². The molecule has 5 heteroatoms. The summed E-state index contributed by atoms with van der Waals surface area (Å²) in [5, 5.41) is 9.58. The van der Waals surface area contributed by atoms with Crippen molar-refractivity contribution in [3.63, 3.8) is 0 Å². The summed E-state index contributed by atoms with van der Waals surface area (Å²) in [5.41, 5.74) is 0. The second-order valence-corrected chi connectivity index (χ2v) is 15.1. The van der Waals surface area contributed by atoms with E-state index in [1.54, 1.807) is 0 Å². The van der Waals surface area contributed by atoms with E-state index in [2.05, 4.69) is 38.2 Å². The maximum atomic E-state index is 12.2. The summed E-state index contributed by atoms with van der Waals surface area (Å²) in [7, 11) is 0. The maximum Gasteiger partial charge on any atom is 0.306 e. The topological polar surface area (TPSA) is 72.8 Å². The van der Waals surface area contributed by atoms with E-state index in [1.807, 2.05) is 0 Å². The molecule has 0 radical (unpaired) electrons. The minimum atomic E-state index is -0.772. The standard InChI is InChI=1S/C46H86O5/c1-3-5-7-9-11-13-15-17-19-20-21-22-23-24-25-26-27-29-31-33-35-37-39-41-46(49)51-44(42-47)43-50-45(48)40-38-36-34-32-30-28-18-16-14-12-10-8-6-4-2/h10,12,16,18,44,47H,3-9,11,13-15,17,19-43H2,1-2H3/b12-10+,18-16+/t44-/m0/s1. The van der Waals surface area contributed by atoms with Gasteiger partial charge in [-0.05, 0) is 38.5 Å². The Hall–Kier alpha value is -1.62. The van der Waals surface area contributed by atoms with Crippen LogP contribution >= 0.6 is 0 Å². The number of carbonyl (C=O) groups is 2. The molecule has 0 aromatic heterocycles. The lowest BCUT2D eigenvalue weighted by atomic mass is 10.0. The van der Waals surface area contributed by atoms with Gasteiger partial charge in [-0.1, -0.05) is 212 Å². The molecule has 0 rings (SSSR count). The lowest BCUT2D eigenvalue weighted by Gasteiger charge is -2.15. The molecular formula is C46H86O5. The number of allylic oxidation sites excluding steroid dienone is 4. The van der Waals surface area contributed by atoms with Crippen LogP contribution in [0, 0.1) is 0 Å². The van der Waals surface area contributed by atoms with Gasteiger partial charge in [0.05, 0.1) is 6.61 Å². The van der Waals surface area contributed by atoms with Gasteiger partial charge in [-0.3, -0.25) is 9.59 Å². The molecular weight excluding hydrogens is 633 g/mol. The first kappa shape index (κ1) is 49.4. The molecule has 0 aliphatic carbocycles. The second-order valence-electron chi connectivity index (χ2n) is 15.1. The predicted molar refractivity (Wildman–Crippen MR) is 219 cm³/mol. The van der Waals surface area contributed by atoms with E-state index in [0.29, 0.717) is 12.8 Å². The zero-order valence-corrected chi connectivity index (χ0v) is 34.1. The predicted octanol–water partition coefficient (Wildman–Crippen LogP) is 14.2. The molecule has 1 atom stereocenters. The van der Waals surface area contributed by atoms with E-state index in [1.165, 1.54) is 161 Å². The van der Waals surface area contributed by atoms with Gasteiger partial charge in [0.15, 0.2) is 6.10 Å². The highest BCUT2D eigenvalue weighted by Crippen LogP contribution is 2.16. The number of ether oxygens (including phenoxy) is 2. The van der Waals surface area contributed by atoms with Gasteiger partial charge in [0.2, 0.25) is 0 Å². The van der Waals surface area contributed by atoms with E-state index < -0.39 is 6.10 Å². The van der Waals surface area contributed by atoms with Crippen molar-refractivity contribution in [1.29, 1.82) is 0 Å². The minimum Gasteiger partial charge on any atom is -0.462 e. The molecule has 51 heavy (non-hydrogen) atoms. The van der Waals surface area contributed by atoms with Crippen molar-refractivity contribution in [2.45, 2.75) is 245 Å². The molecule has 5 nitrogen and oxygen atoms in total. The average molecular weight is 719 g/mol. The van der Waals surface area contributed by atoms with Crippen LogP contribution in [-0.4, -0.2) is 36.4 Å². The highest BCUT2D eigenvalue weighted by molar-refractivity contribution is 5.70. The molecule has 0 aliphatic rings. The van der Waals surface area contributed by atoms with E-state index in [-0.39, 0.29) is 25.2 Å². The molecule has 0 aromatic carbocycles. The Morgan fingerprint density at radius 3 is 1.22 bits per heavy atom. The molecule has 0 unspecified atom stereocenters. The van der Waals surface area contributed by atoms with Crippen molar-refractivity contribution in [3.05, 3.63) is 24.3 Å². The van der Waals surface area contributed by atoms with E-state index >= 15 is 0 Å². The molecule has 1 N–H and O–H groups in total. The lowest BCUT2D eigenvalue weighted by molar-refractivity contribution is -0.161. The summed E-state index contributed by atoms with van der Waals surface area (Å²) >= 11 is 0. The highest BCUT2D eigenvalue weighted by Gasteiger charge is 2.16. The number of rotatable bonds is 41. The Labute approximate surface area is 317 Å². The van der Waals surface area contributed by atoms with Gasteiger partial charge < -0.3 is 14.6 Å². The number of esters is 2. The SMILES string of the molecule is CCCC/C=C/C/C=C/CCCCCCCC(=O)OC[C@H](CO)OC(=O)CCCCCCCCCCCCCCCCCCCCCCCCC. The molecule has 0 saturated heterocycles. The van der Waals surface area contributed by atoms with E-state index in [0.717, 1.165) is 51.4 Å². The van der Waals surface area contributed by atoms with Crippen molar-refractivity contribution >= 4 is 11.9 Å². The fourth-order valence-electron chi connectivity index (χ4n) is 6.57. The number of unbranched alkanes of at least 4 members (excludes halogenated alkanes) is 29. The molecule has 300 valence electrons. The normalized spacial score (nSPS) is 12.3. The zero-order valence-electron chi connectivity index (χ0n) is 34.1. The van der Waals surface area contributed by atoms with Crippen LogP contribution in [0.1, 0.15) is 239 Å². The van der Waals surface area contributed by atoms with Gasteiger partial charge >= 0.3 is 11.9 Å². The van der Waals surface area contributed by atoms with Crippen LogP contribution in [0.3, 0.4) is 0 Å². The van der Waals surface area contributed by atoms with Gasteiger partial charge in [0.1, 0.15) is 6.61 Å². The van der Waals surface area contributed by atoms with Crippen molar-refractivity contribution in [3.8, 4) is 0 Å². The highest BCUT2D eigenvalue weighted by atomic mass is 16.6. The summed E-state index contributed by atoms with van der Waals surface area (Å²) in [6.45, 7) is 4.11. The monoisotopic (exact) mass is 719 g/mol. The van der Waals surface area contributed by atoms with Crippen LogP contribution in [-0.2, 0) is 19.1 Å². The number of hydrogen-bond donors (Lipinski definition) is 1. The molecule has 0 amide bonds. The molecule has 0 saturated carbocycles. The maximum absolute atomic E-state index is 12.2. The number of hydrogen-bond acceptors (Lipinski definition) is 5. The summed E-state index contributed by atoms with van der Waals surface area (Å²) in [6, 6.07) is 0. The number of carbonyl (C=O) groups excluding carboxylic acids is 2. The molecule has 0 fully saturated rings. The average Bonchev–Trinajstić information content (AvgIpc) is 3.13. The summed E-state index contributed by atoms with van der Waals surface area (Å²) < 4.78 is 10.6. The third-order valence-electron chi connectivity index (χ3n) is 10.00. The minimum absolute atomic E-state index is 0.0688. The summed E-state index contributed by atoms with van der Waals surface area (Å²) in [6.07, 6.45) is 51.1. The molecule has 0 bridgehead atoms. The van der Waals surface area contributed by atoms with Crippen molar-refractivity contribution in [1.82, 2.24) is 0 Å². The number of aliphatic hydroxyl groups excluding tert-OH is 1. The van der Waals surface area contributed by atoms with Crippen LogP contribution in [0.4, 0.5) is 0 Å². The third kappa shape index (κ3) is 41.0. The smallest absolute Gasteiger partial charge is 0.306 e. The van der Waals surface area contributed by atoms with Gasteiger partial charge in [0.25, 0.3) is 0 Å².